The van der Waals surface area contributed by atoms with E-state index in [0.717, 1.165) is 28.7 Å². The highest BCUT2D eigenvalue weighted by molar-refractivity contribution is 5.93. The van der Waals surface area contributed by atoms with Crippen LogP contribution in [0.2, 0.25) is 0 Å². The van der Waals surface area contributed by atoms with Crippen LogP contribution in [0.3, 0.4) is 0 Å². The maximum Gasteiger partial charge on any atom is 0.164 e. The number of hydrogen-bond acceptors (Lipinski definition) is 3. The summed E-state index contributed by atoms with van der Waals surface area (Å²) in [5.74, 6) is 2.01. The van der Waals surface area contributed by atoms with Gasteiger partial charge in [0.05, 0.1) is 0 Å². The molecule has 0 aliphatic heterocycles. The Labute approximate surface area is 261 Å². The van der Waals surface area contributed by atoms with Crippen LogP contribution < -0.4 is 0 Å². The topological polar surface area (TPSA) is 38.7 Å². The third-order valence-electron chi connectivity index (χ3n) is 8.90. The Morgan fingerprint density at radius 3 is 1.56 bits per heavy atom. The second kappa shape index (κ2) is 10.4. The molecule has 1 aliphatic rings. The molecule has 0 unspecified atom stereocenters. The molecule has 0 atom stereocenters. The smallest absolute Gasteiger partial charge is 0.164 e. The predicted octanol–water partition coefficient (Wildman–Crippen LogP) is 10.4. The monoisotopic (exact) mass is 573 g/mol. The Morgan fingerprint density at radius 2 is 0.822 bits per heavy atom. The number of fused-ring (bicyclic) bond motifs is 5. The summed E-state index contributed by atoms with van der Waals surface area (Å²) in [5.41, 5.74) is 10.5. The fourth-order valence-corrected chi connectivity index (χ4v) is 6.54. The van der Waals surface area contributed by atoms with E-state index in [2.05, 4.69) is 133 Å². The van der Waals surface area contributed by atoms with Crippen LogP contribution in [0.1, 0.15) is 11.1 Å². The minimum absolute atomic E-state index is 0.663. The van der Waals surface area contributed by atoms with Gasteiger partial charge in [0.2, 0.25) is 0 Å². The van der Waals surface area contributed by atoms with Gasteiger partial charge in [0, 0.05) is 16.7 Å². The maximum absolute atomic E-state index is 5.05. The zero-order valence-electron chi connectivity index (χ0n) is 24.5. The van der Waals surface area contributed by atoms with Gasteiger partial charge in [-0.15, -0.1) is 0 Å². The van der Waals surface area contributed by atoms with Gasteiger partial charge in [-0.3, -0.25) is 0 Å². The number of benzene rings is 7. The SMILES string of the molecule is c1ccc(-c2nc(-c3ccc(-c4ccc5ccccc5c4)cc3)nc(-c3ccc4c(c3)-c3cc5ccccc5cc3C4)n2)cc1. The highest BCUT2D eigenvalue weighted by Crippen LogP contribution is 2.41. The molecule has 3 nitrogen and oxygen atoms in total. The van der Waals surface area contributed by atoms with Crippen molar-refractivity contribution in [3.8, 4) is 56.4 Å². The van der Waals surface area contributed by atoms with E-state index in [-0.39, 0.29) is 0 Å². The van der Waals surface area contributed by atoms with Gasteiger partial charge in [-0.05, 0) is 79.5 Å². The van der Waals surface area contributed by atoms with E-state index in [4.69, 9.17) is 15.0 Å². The second-order valence-corrected chi connectivity index (χ2v) is 11.7. The van der Waals surface area contributed by atoms with Crippen molar-refractivity contribution in [3.63, 3.8) is 0 Å². The standard InChI is InChI=1S/C42H27N3/c1-2-9-29(10-3-1)40-43-41(30-17-14-28(15-18-30)34-19-16-27-8-4-5-11-31(27)22-34)45-42(44-40)36-21-20-35-24-37-23-32-12-6-7-13-33(32)25-39(37)38(35)26-36/h1-23,25-26H,24H2. The van der Waals surface area contributed by atoms with Crippen LogP contribution in [-0.4, -0.2) is 15.0 Å². The van der Waals surface area contributed by atoms with Gasteiger partial charge in [-0.2, -0.15) is 0 Å². The molecule has 1 aliphatic carbocycles. The van der Waals surface area contributed by atoms with Crippen molar-refractivity contribution in [2.45, 2.75) is 6.42 Å². The lowest BCUT2D eigenvalue weighted by atomic mass is 9.99. The normalized spacial score (nSPS) is 11.9. The van der Waals surface area contributed by atoms with Crippen LogP contribution in [-0.2, 0) is 6.42 Å². The van der Waals surface area contributed by atoms with Gasteiger partial charge in [-0.25, -0.2) is 15.0 Å². The average Bonchev–Trinajstić information content (AvgIpc) is 3.47. The van der Waals surface area contributed by atoms with Crippen LogP contribution in [0.5, 0.6) is 0 Å². The molecule has 0 radical (unpaired) electrons. The fourth-order valence-electron chi connectivity index (χ4n) is 6.54. The largest absolute Gasteiger partial charge is 0.208 e. The molecule has 0 saturated heterocycles. The zero-order valence-corrected chi connectivity index (χ0v) is 24.5. The molecule has 210 valence electrons. The number of aromatic nitrogens is 3. The Bertz CT molecular complexity index is 2390. The van der Waals surface area contributed by atoms with Gasteiger partial charge in [0.15, 0.2) is 17.5 Å². The molecule has 45 heavy (non-hydrogen) atoms. The zero-order chi connectivity index (χ0) is 29.7. The van der Waals surface area contributed by atoms with E-state index in [0.29, 0.717) is 17.5 Å². The molecular weight excluding hydrogens is 546 g/mol. The van der Waals surface area contributed by atoms with Crippen LogP contribution in [0.25, 0.3) is 78.0 Å². The quantitative estimate of drug-likeness (QED) is 0.210. The van der Waals surface area contributed by atoms with Gasteiger partial charge in [-0.1, -0.05) is 133 Å². The van der Waals surface area contributed by atoms with Gasteiger partial charge >= 0.3 is 0 Å². The first-order valence-corrected chi connectivity index (χ1v) is 15.3. The van der Waals surface area contributed by atoms with Crippen molar-refractivity contribution in [1.29, 1.82) is 0 Å². The molecule has 8 aromatic rings. The third kappa shape index (κ3) is 4.57. The number of hydrogen-bond donors (Lipinski definition) is 0. The molecule has 0 spiro atoms. The molecule has 7 aromatic carbocycles. The highest BCUT2D eigenvalue weighted by atomic mass is 15.0. The summed E-state index contributed by atoms with van der Waals surface area (Å²) in [6, 6.07) is 53.7. The summed E-state index contributed by atoms with van der Waals surface area (Å²) in [7, 11) is 0. The summed E-state index contributed by atoms with van der Waals surface area (Å²) >= 11 is 0. The van der Waals surface area contributed by atoms with E-state index >= 15 is 0 Å². The Hall–Kier alpha value is -5.93. The minimum atomic E-state index is 0.663. The lowest BCUT2D eigenvalue weighted by molar-refractivity contribution is 1.07. The predicted molar refractivity (Wildman–Crippen MR) is 185 cm³/mol. The van der Waals surface area contributed by atoms with Crippen LogP contribution in [0, 0.1) is 0 Å². The molecule has 0 bridgehead atoms. The fraction of sp³-hybridized carbons (Fsp3) is 0.0238. The van der Waals surface area contributed by atoms with E-state index in [1.165, 1.54) is 49.4 Å². The van der Waals surface area contributed by atoms with Gasteiger partial charge < -0.3 is 0 Å². The Balaban J connectivity index is 1.14. The van der Waals surface area contributed by atoms with Crippen molar-refractivity contribution in [1.82, 2.24) is 15.0 Å². The van der Waals surface area contributed by atoms with Crippen molar-refractivity contribution in [2.75, 3.05) is 0 Å². The molecule has 0 saturated carbocycles. The van der Waals surface area contributed by atoms with Crippen molar-refractivity contribution in [2.24, 2.45) is 0 Å². The molecule has 1 heterocycles. The number of rotatable bonds is 4. The van der Waals surface area contributed by atoms with E-state index in [1.54, 1.807) is 0 Å². The van der Waals surface area contributed by atoms with Gasteiger partial charge in [0.25, 0.3) is 0 Å². The first-order valence-electron chi connectivity index (χ1n) is 15.3. The highest BCUT2D eigenvalue weighted by Gasteiger charge is 2.21. The number of nitrogens with zero attached hydrogens (tertiary/aromatic N) is 3. The Kier molecular flexibility index (Phi) is 5.88. The molecule has 1 aromatic heterocycles. The lowest BCUT2D eigenvalue weighted by Gasteiger charge is -2.11. The van der Waals surface area contributed by atoms with E-state index in [9.17, 15) is 0 Å². The summed E-state index contributed by atoms with van der Waals surface area (Å²) in [6.45, 7) is 0. The van der Waals surface area contributed by atoms with E-state index in [1.807, 2.05) is 18.2 Å². The van der Waals surface area contributed by atoms with Crippen molar-refractivity contribution < 1.29 is 0 Å². The van der Waals surface area contributed by atoms with Crippen LogP contribution in [0.4, 0.5) is 0 Å². The molecule has 3 heteroatoms. The summed E-state index contributed by atoms with van der Waals surface area (Å²) in [4.78, 5) is 15.0. The summed E-state index contributed by atoms with van der Waals surface area (Å²) in [6.07, 6.45) is 0.942. The van der Waals surface area contributed by atoms with Gasteiger partial charge in [0.1, 0.15) is 0 Å². The van der Waals surface area contributed by atoms with E-state index < -0.39 is 0 Å². The average molecular weight is 574 g/mol. The lowest BCUT2D eigenvalue weighted by Crippen LogP contribution is -2.00. The van der Waals surface area contributed by atoms with Crippen LogP contribution in [0.15, 0.2) is 152 Å². The second-order valence-electron chi connectivity index (χ2n) is 11.7. The molecule has 0 fully saturated rings. The summed E-state index contributed by atoms with van der Waals surface area (Å²) < 4.78 is 0. The maximum atomic E-state index is 5.05. The first-order chi connectivity index (χ1) is 22.2. The van der Waals surface area contributed by atoms with Crippen LogP contribution >= 0.6 is 0 Å². The molecule has 9 rings (SSSR count). The summed E-state index contributed by atoms with van der Waals surface area (Å²) in [5, 5.41) is 5.02. The van der Waals surface area contributed by atoms with Crippen molar-refractivity contribution >= 4 is 21.5 Å². The first kappa shape index (κ1) is 25.6. The molecular formula is C42H27N3. The Morgan fingerprint density at radius 1 is 0.311 bits per heavy atom. The molecule has 0 N–H and O–H groups in total. The molecule has 0 amide bonds. The third-order valence-corrected chi connectivity index (χ3v) is 8.90. The minimum Gasteiger partial charge on any atom is -0.208 e. The van der Waals surface area contributed by atoms with Crippen molar-refractivity contribution in [3.05, 3.63) is 163 Å².